The second kappa shape index (κ2) is 8.41. The van der Waals surface area contributed by atoms with Crippen LogP contribution in [-0.2, 0) is 6.54 Å². The topological polar surface area (TPSA) is 63.4 Å². The fourth-order valence-electron chi connectivity index (χ4n) is 4.08. The van der Waals surface area contributed by atoms with Gasteiger partial charge in [-0.05, 0) is 31.0 Å². The average Bonchev–Trinajstić information content (AvgIpc) is 3.22. The van der Waals surface area contributed by atoms with E-state index in [1.807, 2.05) is 36.4 Å². The van der Waals surface area contributed by atoms with E-state index in [-0.39, 0.29) is 17.6 Å². The van der Waals surface area contributed by atoms with Gasteiger partial charge in [-0.1, -0.05) is 72.8 Å². The molecule has 0 saturated carbocycles. The summed E-state index contributed by atoms with van der Waals surface area (Å²) >= 11 is 0. The van der Waals surface area contributed by atoms with Gasteiger partial charge in [0.1, 0.15) is 0 Å². The van der Waals surface area contributed by atoms with Crippen molar-refractivity contribution in [2.75, 3.05) is 12.3 Å². The predicted molar refractivity (Wildman–Crippen MR) is 115 cm³/mol. The number of nitrogens with two attached hydrogens (primary N) is 1. The molecular weight excluding hydrogens is 360 g/mol. The first-order chi connectivity index (χ1) is 14.1. The van der Waals surface area contributed by atoms with Crippen molar-refractivity contribution in [2.24, 2.45) is 0 Å². The molecule has 0 spiro atoms. The number of rotatable bonds is 6. The highest BCUT2D eigenvalue weighted by atomic mass is 16.1. The Morgan fingerprint density at radius 1 is 0.897 bits per heavy atom. The van der Waals surface area contributed by atoms with Gasteiger partial charge < -0.3 is 5.73 Å². The van der Waals surface area contributed by atoms with E-state index in [4.69, 9.17) is 5.73 Å². The van der Waals surface area contributed by atoms with E-state index in [2.05, 4.69) is 17.0 Å². The summed E-state index contributed by atoms with van der Waals surface area (Å²) in [5, 5.41) is 0. The number of hydrogen-bond donors (Lipinski definition) is 1. The van der Waals surface area contributed by atoms with Crippen LogP contribution in [0.2, 0.25) is 0 Å². The van der Waals surface area contributed by atoms with E-state index in [1.54, 1.807) is 30.3 Å². The fourth-order valence-corrected chi connectivity index (χ4v) is 4.08. The van der Waals surface area contributed by atoms with Crippen molar-refractivity contribution in [3.63, 3.8) is 0 Å². The molecule has 2 N–H and O–H groups in total. The highest BCUT2D eigenvalue weighted by Crippen LogP contribution is 2.28. The molecule has 0 aromatic heterocycles. The maximum atomic E-state index is 13.6. The first-order valence-electron chi connectivity index (χ1n) is 9.95. The van der Waals surface area contributed by atoms with Crippen LogP contribution in [0, 0.1) is 0 Å². The summed E-state index contributed by atoms with van der Waals surface area (Å²) in [6.07, 6.45) is 1.73. The normalized spacial score (nSPS) is 16.6. The van der Waals surface area contributed by atoms with Crippen molar-refractivity contribution >= 4 is 17.3 Å². The van der Waals surface area contributed by atoms with Crippen LogP contribution in [0.1, 0.15) is 44.7 Å². The van der Waals surface area contributed by atoms with Gasteiger partial charge >= 0.3 is 0 Å². The smallest absolute Gasteiger partial charge is 0.193 e. The summed E-state index contributed by atoms with van der Waals surface area (Å²) in [6, 6.07) is 24.0. The van der Waals surface area contributed by atoms with Crippen LogP contribution in [0.15, 0.2) is 78.9 Å². The second-order valence-electron chi connectivity index (χ2n) is 7.44. The Morgan fingerprint density at radius 3 is 2.31 bits per heavy atom. The van der Waals surface area contributed by atoms with Gasteiger partial charge in [0.15, 0.2) is 11.6 Å². The molecule has 1 aliphatic rings. The van der Waals surface area contributed by atoms with Crippen LogP contribution < -0.4 is 5.73 Å². The fraction of sp³-hybridized carbons (Fsp3) is 0.200. The summed E-state index contributed by atoms with van der Waals surface area (Å²) in [5.41, 5.74) is 9.04. The second-order valence-corrected chi connectivity index (χ2v) is 7.44. The van der Waals surface area contributed by atoms with Crippen molar-refractivity contribution < 1.29 is 9.59 Å². The van der Waals surface area contributed by atoms with E-state index >= 15 is 0 Å². The van der Waals surface area contributed by atoms with Gasteiger partial charge in [0.2, 0.25) is 0 Å². The molecule has 0 radical (unpaired) electrons. The van der Waals surface area contributed by atoms with E-state index in [1.165, 1.54) is 5.56 Å². The third-order valence-electron chi connectivity index (χ3n) is 5.52. The lowest BCUT2D eigenvalue weighted by Crippen LogP contribution is -2.36. The molecular formula is C25H24N2O2. The average molecular weight is 384 g/mol. The number of hydrogen-bond acceptors (Lipinski definition) is 4. The molecule has 3 aromatic rings. The summed E-state index contributed by atoms with van der Waals surface area (Å²) in [5.74, 6) is -0.232. The molecule has 1 aliphatic heterocycles. The van der Waals surface area contributed by atoms with Crippen LogP contribution >= 0.6 is 0 Å². The summed E-state index contributed by atoms with van der Waals surface area (Å²) < 4.78 is 0. The first kappa shape index (κ1) is 19.1. The van der Waals surface area contributed by atoms with E-state index in [0.717, 1.165) is 19.4 Å². The molecule has 0 amide bonds. The minimum Gasteiger partial charge on any atom is -0.398 e. The molecule has 3 aromatic carbocycles. The van der Waals surface area contributed by atoms with E-state index in [9.17, 15) is 9.59 Å². The van der Waals surface area contributed by atoms with Crippen molar-refractivity contribution in [3.05, 3.63) is 101 Å². The maximum Gasteiger partial charge on any atom is 0.193 e. The van der Waals surface area contributed by atoms with Gasteiger partial charge in [-0.15, -0.1) is 0 Å². The van der Waals surface area contributed by atoms with E-state index < -0.39 is 0 Å². The Balaban J connectivity index is 1.65. The minimum atomic E-state index is -0.262. The zero-order valence-corrected chi connectivity index (χ0v) is 16.3. The molecule has 0 bridgehead atoms. The SMILES string of the molecule is Nc1cccc(C(=O)c2ccccc2)c1C(=O)[C@@H]1CCCN1Cc1ccccc1. The lowest BCUT2D eigenvalue weighted by atomic mass is 9.91. The van der Waals surface area contributed by atoms with Gasteiger partial charge in [-0.3, -0.25) is 14.5 Å². The largest absolute Gasteiger partial charge is 0.398 e. The number of nitrogens with zero attached hydrogens (tertiary/aromatic N) is 1. The highest BCUT2D eigenvalue weighted by Gasteiger charge is 2.34. The number of carbonyl (C=O) groups excluding carboxylic acids is 2. The summed E-state index contributed by atoms with van der Waals surface area (Å²) in [7, 11) is 0. The number of ketones is 2. The van der Waals surface area contributed by atoms with Gasteiger partial charge in [0.05, 0.1) is 11.6 Å². The minimum absolute atomic E-state index is 0.0594. The number of carbonyl (C=O) groups is 2. The zero-order valence-electron chi connectivity index (χ0n) is 16.3. The lowest BCUT2D eigenvalue weighted by Gasteiger charge is -2.24. The third kappa shape index (κ3) is 3.98. The summed E-state index contributed by atoms with van der Waals surface area (Å²) in [6.45, 7) is 1.58. The predicted octanol–water partition coefficient (Wildman–Crippen LogP) is 4.35. The number of anilines is 1. The quantitative estimate of drug-likeness (QED) is 0.507. The van der Waals surface area contributed by atoms with E-state index in [0.29, 0.717) is 28.9 Å². The van der Waals surface area contributed by atoms with Crippen molar-refractivity contribution in [2.45, 2.75) is 25.4 Å². The van der Waals surface area contributed by atoms with Crippen LogP contribution in [0.25, 0.3) is 0 Å². The lowest BCUT2D eigenvalue weighted by molar-refractivity contribution is 0.0857. The van der Waals surface area contributed by atoms with Gasteiger partial charge in [-0.25, -0.2) is 0 Å². The summed E-state index contributed by atoms with van der Waals surface area (Å²) in [4.78, 5) is 28.8. The number of Topliss-reactive ketones (excluding diaryl/α,β-unsaturated/α-hetero) is 1. The molecule has 1 atom stereocenters. The molecule has 0 unspecified atom stereocenters. The molecule has 29 heavy (non-hydrogen) atoms. The Kier molecular flexibility index (Phi) is 5.54. The van der Waals surface area contributed by atoms with Crippen molar-refractivity contribution in [3.8, 4) is 0 Å². The van der Waals surface area contributed by atoms with Gasteiger partial charge in [-0.2, -0.15) is 0 Å². The molecule has 4 heteroatoms. The Morgan fingerprint density at radius 2 is 1.59 bits per heavy atom. The van der Waals surface area contributed by atoms with Crippen LogP contribution in [-0.4, -0.2) is 29.1 Å². The molecule has 0 aliphatic carbocycles. The van der Waals surface area contributed by atoms with Gasteiger partial charge in [0.25, 0.3) is 0 Å². The third-order valence-corrected chi connectivity index (χ3v) is 5.52. The number of nitrogen functional groups attached to an aromatic ring is 1. The maximum absolute atomic E-state index is 13.6. The van der Waals surface area contributed by atoms with Crippen LogP contribution in [0.3, 0.4) is 0 Å². The first-order valence-corrected chi connectivity index (χ1v) is 9.95. The Bertz CT molecular complexity index is 1020. The van der Waals surface area contributed by atoms with Crippen molar-refractivity contribution in [1.29, 1.82) is 0 Å². The monoisotopic (exact) mass is 384 g/mol. The molecule has 1 heterocycles. The standard InChI is InChI=1S/C25H24N2O2/c26-21-14-7-13-20(24(28)19-11-5-2-6-12-19)23(21)25(29)22-15-8-16-27(22)17-18-9-3-1-4-10-18/h1-7,9-14,22H,8,15-17,26H2/t22-/m0/s1. The molecule has 1 saturated heterocycles. The zero-order chi connectivity index (χ0) is 20.2. The Hall–Kier alpha value is -3.24. The van der Waals surface area contributed by atoms with Crippen LogP contribution in [0.4, 0.5) is 5.69 Å². The number of likely N-dealkylation sites (tertiary alicyclic amines) is 1. The van der Waals surface area contributed by atoms with Gasteiger partial charge in [0, 0.05) is 23.4 Å². The Labute approximate surface area is 171 Å². The molecule has 4 nitrogen and oxygen atoms in total. The molecule has 4 rings (SSSR count). The number of benzene rings is 3. The highest BCUT2D eigenvalue weighted by molar-refractivity contribution is 6.18. The molecule has 146 valence electrons. The van der Waals surface area contributed by atoms with Crippen LogP contribution in [0.5, 0.6) is 0 Å². The van der Waals surface area contributed by atoms with Crippen molar-refractivity contribution in [1.82, 2.24) is 4.90 Å². The molecule has 1 fully saturated rings.